The maximum atomic E-state index is 13.1. The van der Waals surface area contributed by atoms with Crippen LogP contribution in [-0.2, 0) is 19.6 Å². The summed E-state index contributed by atoms with van der Waals surface area (Å²) in [6.07, 6.45) is 0. The van der Waals surface area contributed by atoms with Gasteiger partial charge in [0.25, 0.3) is 5.91 Å². The maximum Gasteiger partial charge on any atom is 0.325 e. The molecule has 1 N–H and O–H groups in total. The molecule has 2 aliphatic rings. The second-order valence-corrected chi connectivity index (χ2v) is 10.9. The highest BCUT2D eigenvalue weighted by Crippen LogP contribution is 2.26. The minimum absolute atomic E-state index is 0.161. The molecule has 2 saturated heterocycles. The predicted octanol–water partition coefficient (Wildman–Crippen LogP) is 1.63. The Morgan fingerprint density at radius 2 is 1.79 bits per heavy atom. The van der Waals surface area contributed by atoms with Gasteiger partial charge in [-0.1, -0.05) is 6.07 Å². The molecular formula is C23H28N4O6S. The summed E-state index contributed by atoms with van der Waals surface area (Å²) >= 11 is 0. The van der Waals surface area contributed by atoms with Gasteiger partial charge < -0.3 is 14.6 Å². The monoisotopic (exact) mass is 488 g/mol. The molecule has 0 aliphatic carbocycles. The first kappa shape index (κ1) is 24.1. The zero-order valence-electron chi connectivity index (χ0n) is 19.6. The molecule has 1 aromatic heterocycles. The SMILES string of the molecule is Cc1cc(C(=O)CN2C(=O)NC(C)(C)C2=O)c(C)n1-c1cccc(S(=O)(=O)N2CCOCC2)c1. The second-order valence-electron chi connectivity index (χ2n) is 9.00. The van der Waals surface area contributed by atoms with Crippen molar-refractivity contribution in [1.82, 2.24) is 19.1 Å². The summed E-state index contributed by atoms with van der Waals surface area (Å²) in [6, 6.07) is 7.65. The molecule has 2 fully saturated rings. The van der Waals surface area contributed by atoms with Crippen molar-refractivity contribution in [3.05, 3.63) is 47.3 Å². The summed E-state index contributed by atoms with van der Waals surface area (Å²) in [7, 11) is -3.68. The van der Waals surface area contributed by atoms with Crippen LogP contribution >= 0.6 is 0 Å². The van der Waals surface area contributed by atoms with Gasteiger partial charge in [0, 0.05) is 35.7 Å². The van der Waals surface area contributed by atoms with Gasteiger partial charge in [0.1, 0.15) is 5.54 Å². The van der Waals surface area contributed by atoms with Crippen molar-refractivity contribution in [2.24, 2.45) is 0 Å². The predicted molar refractivity (Wildman–Crippen MR) is 123 cm³/mol. The van der Waals surface area contributed by atoms with Crippen LogP contribution in [0, 0.1) is 13.8 Å². The van der Waals surface area contributed by atoms with Crippen molar-refractivity contribution in [2.75, 3.05) is 32.8 Å². The lowest BCUT2D eigenvalue weighted by Gasteiger charge is -2.26. The molecule has 0 spiro atoms. The van der Waals surface area contributed by atoms with E-state index in [4.69, 9.17) is 4.74 Å². The quantitative estimate of drug-likeness (QED) is 0.488. The highest BCUT2D eigenvalue weighted by Gasteiger charge is 2.45. The zero-order chi connectivity index (χ0) is 24.8. The van der Waals surface area contributed by atoms with E-state index in [1.807, 2.05) is 6.92 Å². The van der Waals surface area contributed by atoms with E-state index in [0.29, 0.717) is 43.2 Å². The third-order valence-electron chi connectivity index (χ3n) is 6.16. The van der Waals surface area contributed by atoms with E-state index in [0.717, 1.165) is 10.6 Å². The molecule has 2 aliphatic heterocycles. The number of carbonyl (C=O) groups excluding carboxylic acids is 3. The molecule has 0 saturated carbocycles. The van der Waals surface area contributed by atoms with Crippen LogP contribution in [0.2, 0.25) is 0 Å². The number of ether oxygens (including phenoxy) is 1. The molecule has 34 heavy (non-hydrogen) atoms. The zero-order valence-corrected chi connectivity index (χ0v) is 20.4. The van der Waals surface area contributed by atoms with Crippen LogP contribution in [0.25, 0.3) is 5.69 Å². The van der Waals surface area contributed by atoms with Gasteiger partial charge in [0.05, 0.1) is 24.7 Å². The van der Waals surface area contributed by atoms with Crippen LogP contribution in [0.5, 0.6) is 0 Å². The average molecular weight is 489 g/mol. The van der Waals surface area contributed by atoms with Crippen molar-refractivity contribution >= 4 is 27.7 Å². The number of morpholine rings is 1. The fraction of sp³-hybridized carbons (Fsp3) is 0.435. The van der Waals surface area contributed by atoms with Crippen molar-refractivity contribution < 1.29 is 27.5 Å². The van der Waals surface area contributed by atoms with Gasteiger partial charge in [-0.25, -0.2) is 13.2 Å². The Morgan fingerprint density at radius 1 is 1.12 bits per heavy atom. The van der Waals surface area contributed by atoms with Crippen LogP contribution in [0.3, 0.4) is 0 Å². The number of ketones is 1. The van der Waals surface area contributed by atoms with Crippen LogP contribution in [0.1, 0.15) is 35.6 Å². The highest BCUT2D eigenvalue weighted by atomic mass is 32.2. The Labute approximate surface area is 198 Å². The van der Waals surface area contributed by atoms with Crippen LogP contribution in [-0.4, -0.2) is 78.3 Å². The van der Waals surface area contributed by atoms with E-state index in [9.17, 15) is 22.8 Å². The van der Waals surface area contributed by atoms with E-state index in [2.05, 4.69) is 5.32 Å². The maximum absolute atomic E-state index is 13.1. The molecule has 10 nitrogen and oxygen atoms in total. The molecular weight excluding hydrogens is 460 g/mol. The van der Waals surface area contributed by atoms with Gasteiger partial charge in [0.2, 0.25) is 10.0 Å². The van der Waals surface area contributed by atoms with E-state index in [1.54, 1.807) is 55.7 Å². The number of nitrogens with zero attached hydrogens (tertiary/aromatic N) is 3. The molecule has 182 valence electrons. The van der Waals surface area contributed by atoms with Gasteiger partial charge in [-0.15, -0.1) is 0 Å². The number of amides is 3. The lowest BCUT2D eigenvalue weighted by Crippen LogP contribution is -2.41. The Bertz CT molecular complexity index is 1270. The molecule has 0 unspecified atom stereocenters. The topological polar surface area (TPSA) is 118 Å². The third kappa shape index (κ3) is 4.15. The minimum Gasteiger partial charge on any atom is -0.379 e. The molecule has 3 heterocycles. The number of carbonyl (C=O) groups is 3. The normalized spacial score (nSPS) is 18.9. The van der Waals surface area contributed by atoms with E-state index in [1.165, 1.54) is 4.31 Å². The van der Waals surface area contributed by atoms with Crippen LogP contribution in [0.15, 0.2) is 35.2 Å². The molecule has 0 atom stereocenters. The minimum atomic E-state index is -3.68. The molecule has 3 amide bonds. The van der Waals surface area contributed by atoms with Crippen molar-refractivity contribution in [2.45, 2.75) is 38.1 Å². The average Bonchev–Trinajstić information content (AvgIpc) is 3.20. The van der Waals surface area contributed by atoms with Gasteiger partial charge in [-0.2, -0.15) is 4.31 Å². The van der Waals surface area contributed by atoms with Crippen molar-refractivity contribution in [3.8, 4) is 5.69 Å². The summed E-state index contributed by atoms with van der Waals surface area (Å²) in [5.41, 5.74) is 1.22. The van der Waals surface area contributed by atoms with Gasteiger partial charge in [0.15, 0.2) is 5.78 Å². The number of rotatable bonds is 6. The fourth-order valence-corrected chi connectivity index (χ4v) is 5.80. The van der Waals surface area contributed by atoms with Crippen LogP contribution in [0.4, 0.5) is 4.79 Å². The standard InChI is InChI=1S/C23H28N4O6S/c1-15-12-19(20(28)14-26-21(29)23(3,4)24-22(26)30)16(2)27(15)17-6-5-7-18(13-17)34(31,32)25-8-10-33-11-9-25/h5-7,12-13H,8-11,14H2,1-4H3,(H,24,30). The molecule has 0 radical (unpaired) electrons. The number of aromatic nitrogens is 1. The third-order valence-corrected chi connectivity index (χ3v) is 8.06. The van der Waals surface area contributed by atoms with Gasteiger partial charge >= 0.3 is 6.03 Å². The number of imide groups is 1. The summed E-state index contributed by atoms with van der Waals surface area (Å²) in [6.45, 7) is 7.67. The van der Waals surface area contributed by atoms with E-state index in [-0.39, 0.29) is 17.2 Å². The largest absolute Gasteiger partial charge is 0.379 e. The molecule has 1 aromatic carbocycles. The smallest absolute Gasteiger partial charge is 0.325 e. The first-order valence-electron chi connectivity index (χ1n) is 11.0. The van der Waals surface area contributed by atoms with Crippen LogP contribution < -0.4 is 5.32 Å². The summed E-state index contributed by atoms with van der Waals surface area (Å²) in [5, 5.41) is 2.57. The Hall–Kier alpha value is -3.02. The first-order chi connectivity index (χ1) is 15.9. The van der Waals surface area contributed by atoms with Crippen molar-refractivity contribution in [3.63, 3.8) is 0 Å². The number of aryl methyl sites for hydroxylation is 1. The lowest BCUT2D eigenvalue weighted by atomic mass is 10.1. The molecule has 4 rings (SSSR count). The Morgan fingerprint density at radius 3 is 2.41 bits per heavy atom. The van der Waals surface area contributed by atoms with E-state index < -0.39 is 27.5 Å². The summed E-state index contributed by atoms with van der Waals surface area (Å²) < 4.78 is 34.6. The number of urea groups is 1. The lowest BCUT2D eigenvalue weighted by molar-refractivity contribution is -0.129. The second kappa shape index (κ2) is 8.64. The molecule has 2 aromatic rings. The number of Topliss-reactive ketones (excluding diaryl/α,β-unsaturated/α-hetero) is 1. The number of nitrogens with one attached hydrogen (secondary N) is 1. The number of hydrogen-bond donors (Lipinski definition) is 1. The van der Waals surface area contributed by atoms with Crippen molar-refractivity contribution in [1.29, 1.82) is 0 Å². The Balaban J connectivity index is 1.63. The summed E-state index contributed by atoms with van der Waals surface area (Å²) in [4.78, 5) is 38.8. The summed E-state index contributed by atoms with van der Waals surface area (Å²) in [5.74, 6) is -0.835. The number of benzene rings is 1. The highest BCUT2D eigenvalue weighted by molar-refractivity contribution is 7.89. The molecule has 11 heteroatoms. The Kier molecular flexibility index (Phi) is 6.13. The molecule has 0 bridgehead atoms. The number of hydrogen-bond acceptors (Lipinski definition) is 6. The van der Waals surface area contributed by atoms with Gasteiger partial charge in [-0.05, 0) is 52.0 Å². The number of sulfonamides is 1. The van der Waals surface area contributed by atoms with Gasteiger partial charge in [-0.3, -0.25) is 14.5 Å². The first-order valence-corrected chi connectivity index (χ1v) is 12.4. The fourth-order valence-electron chi connectivity index (χ4n) is 4.35. The van der Waals surface area contributed by atoms with E-state index >= 15 is 0 Å².